The summed E-state index contributed by atoms with van der Waals surface area (Å²) in [5.41, 5.74) is 0.428. The number of anilines is 1. The van der Waals surface area contributed by atoms with Crippen LogP contribution in [0.3, 0.4) is 0 Å². The molecule has 14 heavy (non-hydrogen) atoms. The molecule has 0 aliphatic heterocycles. The molecule has 0 heterocycles. The van der Waals surface area contributed by atoms with Gasteiger partial charge in [-0.05, 0) is 23.7 Å². The number of halogens is 1. The summed E-state index contributed by atoms with van der Waals surface area (Å²) < 4.78 is 0. The molecule has 0 saturated heterocycles. The molecule has 5 heteroatoms. The van der Waals surface area contributed by atoms with Gasteiger partial charge in [-0.3, -0.25) is 9.59 Å². The highest BCUT2D eigenvalue weighted by Crippen LogP contribution is 2.23. The zero-order valence-electron chi connectivity index (χ0n) is 7.37. The minimum Gasteiger partial charge on any atom is -0.507 e. The molecule has 4 nitrogen and oxygen atoms in total. The lowest BCUT2D eigenvalue weighted by atomic mass is 10.2. The second kappa shape index (κ2) is 4.11. The van der Waals surface area contributed by atoms with Gasteiger partial charge in [0.05, 0.1) is 5.56 Å². The number of carbonyl (C=O) groups is 2. The summed E-state index contributed by atoms with van der Waals surface area (Å²) in [6, 6.07) is 4.09. The number of benzene rings is 1. The van der Waals surface area contributed by atoms with E-state index in [4.69, 9.17) is 11.6 Å². The highest BCUT2D eigenvalue weighted by molar-refractivity contribution is 6.68. The summed E-state index contributed by atoms with van der Waals surface area (Å²) >= 11 is 5.18. The van der Waals surface area contributed by atoms with Crippen molar-refractivity contribution >= 4 is 28.4 Å². The summed E-state index contributed by atoms with van der Waals surface area (Å²) in [7, 11) is 0. The van der Waals surface area contributed by atoms with E-state index < -0.39 is 5.24 Å². The molecule has 1 amide bonds. The summed E-state index contributed by atoms with van der Waals surface area (Å²) in [5, 5.41) is 11.0. The van der Waals surface area contributed by atoms with E-state index in [2.05, 4.69) is 5.32 Å². The summed E-state index contributed by atoms with van der Waals surface area (Å²) in [6.45, 7) is 1.34. The minimum absolute atomic E-state index is 0.0146. The summed E-state index contributed by atoms with van der Waals surface area (Å²) in [6.07, 6.45) is 0. The first kappa shape index (κ1) is 10.5. The van der Waals surface area contributed by atoms with Crippen molar-refractivity contribution < 1.29 is 14.7 Å². The lowest BCUT2D eigenvalue weighted by Crippen LogP contribution is -2.05. The van der Waals surface area contributed by atoms with Crippen LogP contribution in [0, 0.1) is 0 Å². The average molecular weight is 214 g/mol. The number of hydrogen-bond donors (Lipinski definition) is 2. The van der Waals surface area contributed by atoms with Crippen LogP contribution >= 0.6 is 11.6 Å². The van der Waals surface area contributed by atoms with E-state index in [-0.39, 0.29) is 17.2 Å². The Labute approximate surface area is 85.5 Å². The van der Waals surface area contributed by atoms with Gasteiger partial charge >= 0.3 is 0 Å². The predicted molar refractivity (Wildman–Crippen MR) is 52.6 cm³/mol. The molecular weight excluding hydrogens is 206 g/mol. The molecule has 0 bridgehead atoms. The second-order valence-electron chi connectivity index (χ2n) is 2.69. The SMILES string of the molecule is CC(=O)Nc1ccc(C(=O)Cl)c(O)c1. The Morgan fingerprint density at radius 3 is 2.50 bits per heavy atom. The molecule has 0 atom stereocenters. The zero-order valence-corrected chi connectivity index (χ0v) is 8.13. The van der Waals surface area contributed by atoms with Gasteiger partial charge in [0.1, 0.15) is 5.75 Å². The average Bonchev–Trinajstić information content (AvgIpc) is 2.01. The Kier molecular flexibility index (Phi) is 3.09. The van der Waals surface area contributed by atoms with Gasteiger partial charge in [0.25, 0.3) is 5.24 Å². The van der Waals surface area contributed by atoms with Gasteiger partial charge in [0.2, 0.25) is 5.91 Å². The van der Waals surface area contributed by atoms with Crippen molar-refractivity contribution in [3.8, 4) is 5.75 Å². The quantitative estimate of drug-likeness (QED) is 0.736. The van der Waals surface area contributed by atoms with Gasteiger partial charge in [0.15, 0.2) is 0 Å². The first-order valence-electron chi connectivity index (χ1n) is 3.81. The van der Waals surface area contributed by atoms with E-state index in [1.807, 2.05) is 0 Å². The lowest BCUT2D eigenvalue weighted by Gasteiger charge is -2.04. The number of carbonyl (C=O) groups excluding carboxylic acids is 2. The number of rotatable bonds is 2. The van der Waals surface area contributed by atoms with Crippen LogP contribution in [0.1, 0.15) is 17.3 Å². The number of nitrogens with one attached hydrogen (secondary N) is 1. The molecule has 0 fully saturated rings. The first-order chi connectivity index (χ1) is 6.50. The Hall–Kier alpha value is -1.55. The van der Waals surface area contributed by atoms with Crippen LogP contribution < -0.4 is 5.32 Å². The molecule has 0 aliphatic carbocycles. The van der Waals surface area contributed by atoms with Crippen molar-refractivity contribution in [3.63, 3.8) is 0 Å². The summed E-state index contributed by atoms with van der Waals surface area (Å²) in [5.74, 6) is -0.509. The fourth-order valence-corrected chi connectivity index (χ4v) is 1.14. The molecule has 0 radical (unpaired) electrons. The van der Waals surface area contributed by atoms with Crippen LogP contribution in [0.15, 0.2) is 18.2 Å². The van der Waals surface area contributed by atoms with Crippen LogP contribution in [0.25, 0.3) is 0 Å². The van der Waals surface area contributed by atoms with Crippen molar-refractivity contribution in [1.29, 1.82) is 0 Å². The lowest BCUT2D eigenvalue weighted by molar-refractivity contribution is -0.114. The van der Waals surface area contributed by atoms with Gasteiger partial charge in [-0.15, -0.1) is 0 Å². The molecule has 0 aliphatic rings. The van der Waals surface area contributed by atoms with E-state index in [1.54, 1.807) is 0 Å². The Balaban J connectivity index is 3.00. The van der Waals surface area contributed by atoms with E-state index in [0.29, 0.717) is 5.69 Å². The van der Waals surface area contributed by atoms with Gasteiger partial charge < -0.3 is 10.4 Å². The number of aromatic hydroxyl groups is 1. The van der Waals surface area contributed by atoms with E-state index in [0.717, 1.165) is 0 Å². The third-order valence-electron chi connectivity index (χ3n) is 1.53. The van der Waals surface area contributed by atoms with Crippen LogP contribution in [0.2, 0.25) is 0 Å². The molecule has 0 spiro atoms. The fraction of sp³-hybridized carbons (Fsp3) is 0.111. The standard InChI is InChI=1S/C9H8ClNO3/c1-5(12)11-6-2-3-7(9(10)14)8(13)4-6/h2-4,13H,1H3,(H,11,12). The summed E-state index contributed by atoms with van der Waals surface area (Å²) in [4.78, 5) is 21.4. The van der Waals surface area contributed by atoms with Crippen molar-refractivity contribution in [2.75, 3.05) is 5.32 Å². The number of phenols is 1. The maximum absolute atomic E-state index is 10.7. The van der Waals surface area contributed by atoms with Gasteiger partial charge in [-0.1, -0.05) is 0 Å². The molecule has 0 aromatic heterocycles. The molecule has 1 rings (SSSR count). The number of hydrogen-bond acceptors (Lipinski definition) is 3. The third-order valence-corrected chi connectivity index (χ3v) is 1.73. The van der Waals surface area contributed by atoms with Gasteiger partial charge in [0, 0.05) is 18.7 Å². The highest BCUT2D eigenvalue weighted by atomic mass is 35.5. The Bertz CT molecular complexity index is 390. The van der Waals surface area contributed by atoms with Gasteiger partial charge in [-0.25, -0.2) is 0 Å². The van der Waals surface area contributed by atoms with E-state index in [9.17, 15) is 14.7 Å². The van der Waals surface area contributed by atoms with Crippen molar-refractivity contribution in [1.82, 2.24) is 0 Å². The molecular formula is C9H8ClNO3. The minimum atomic E-state index is -0.739. The largest absolute Gasteiger partial charge is 0.507 e. The zero-order chi connectivity index (χ0) is 10.7. The predicted octanol–water partition coefficient (Wildman–Crippen LogP) is 1.73. The van der Waals surface area contributed by atoms with Crippen molar-refractivity contribution in [3.05, 3.63) is 23.8 Å². The van der Waals surface area contributed by atoms with Crippen LogP contribution in [0.5, 0.6) is 5.75 Å². The number of phenolic OH excluding ortho intramolecular Hbond substituents is 1. The van der Waals surface area contributed by atoms with Crippen LogP contribution in [0.4, 0.5) is 5.69 Å². The normalized spacial score (nSPS) is 9.57. The second-order valence-corrected chi connectivity index (χ2v) is 3.03. The number of amides is 1. The van der Waals surface area contributed by atoms with Crippen LogP contribution in [-0.2, 0) is 4.79 Å². The smallest absolute Gasteiger partial charge is 0.256 e. The maximum Gasteiger partial charge on any atom is 0.256 e. The van der Waals surface area contributed by atoms with E-state index in [1.165, 1.54) is 25.1 Å². The molecule has 0 saturated carbocycles. The van der Waals surface area contributed by atoms with Crippen molar-refractivity contribution in [2.45, 2.75) is 6.92 Å². The molecule has 1 aromatic carbocycles. The first-order valence-corrected chi connectivity index (χ1v) is 4.19. The topological polar surface area (TPSA) is 66.4 Å². The molecule has 0 unspecified atom stereocenters. The third kappa shape index (κ3) is 2.47. The Morgan fingerprint density at radius 1 is 1.43 bits per heavy atom. The van der Waals surface area contributed by atoms with E-state index >= 15 is 0 Å². The maximum atomic E-state index is 10.7. The van der Waals surface area contributed by atoms with Gasteiger partial charge in [-0.2, -0.15) is 0 Å². The molecule has 1 aromatic rings. The fourth-order valence-electron chi connectivity index (χ4n) is 0.979. The highest BCUT2D eigenvalue weighted by Gasteiger charge is 2.08. The Morgan fingerprint density at radius 2 is 2.07 bits per heavy atom. The molecule has 74 valence electrons. The molecule has 2 N–H and O–H groups in total. The van der Waals surface area contributed by atoms with Crippen LogP contribution in [-0.4, -0.2) is 16.3 Å². The monoisotopic (exact) mass is 213 g/mol. The van der Waals surface area contributed by atoms with Crippen molar-refractivity contribution in [2.24, 2.45) is 0 Å².